The second kappa shape index (κ2) is 9.05. The summed E-state index contributed by atoms with van der Waals surface area (Å²) in [5.74, 6) is 0.930. The SMILES string of the molecule is CCC(C)(C)C1CCC2(CC1)NC(=O)N(CC(=O)NCCCC1CCCC1)C2=O. The van der Waals surface area contributed by atoms with Crippen LogP contribution in [0.1, 0.15) is 91.4 Å². The number of carbonyl (C=O) groups is 3. The van der Waals surface area contributed by atoms with E-state index in [2.05, 4.69) is 31.4 Å². The highest BCUT2D eigenvalue weighted by Gasteiger charge is 2.53. The molecule has 1 heterocycles. The summed E-state index contributed by atoms with van der Waals surface area (Å²) in [6, 6.07) is -0.413. The van der Waals surface area contributed by atoms with Crippen molar-refractivity contribution in [3.63, 3.8) is 0 Å². The molecule has 164 valence electrons. The van der Waals surface area contributed by atoms with Gasteiger partial charge >= 0.3 is 6.03 Å². The summed E-state index contributed by atoms with van der Waals surface area (Å²) in [7, 11) is 0. The van der Waals surface area contributed by atoms with Crippen molar-refractivity contribution in [2.45, 2.75) is 96.9 Å². The summed E-state index contributed by atoms with van der Waals surface area (Å²) in [6.07, 6.45) is 11.8. The van der Waals surface area contributed by atoms with Gasteiger partial charge in [-0.25, -0.2) is 4.79 Å². The van der Waals surface area contributed by atoms with E-state index in [0.717, 1.165) is 42.9 Å². The van der Waals surface area contributed by atoms with E-state index in [9.17, 15) is 14.4 Å². The number of amides is 4. The zero-order valence-corrected chi connectivity index (χ0v) is 18.5. The molecule has 29 heavy (non-hydrogen) atoms. The number of hydrogen-bond donors (Lipinski definition) is 2. The summed E-state index contributed by atoms with van der Waals surface area (Å²) >= 11 is 0. The third-order valence-corrected chi connectivity index (χ3v) is 7.99. The van der Waals surface area contributed by atoms with Gasteiger partial charge in [-0.2, -0.15) is 0 Å². The minimum atomic E-state index is -0.792. The number of urea groups is 1. The molecule has 0 aromatic heterocycles. The van der Waals surface area contributed by atoms with Crippen molar-refractivity contribution >= 4 is 17.8 Å². The van der Waals surface area contributed by atoms with E-state index in [1.54, 1.807) is 0 Å². The molecule has 3 fully saturated rings. The molecule has 0 unspecified atom stereocenters. The highest BCUT2D eigenvalue weighted by Crippen LogP contribution is 2.45. The summed E-state index contributed by atoms with van der Waals surface area (Å²) in [6.45, 7) is 7.24. The molecule has 6 nitrogen and oxygen atoms in total. The van der Waals surface area contributed by atoms with Gasteiger partial charge in [-0.15, -0.1) is 0 Å². The third kappa shape index (κ3) is 4.95. The molecule has 0 aromatic rings. The van der Waals surface area contributed by atoms with Crippen LogP contribution < -0.4 is 10.6 Å². The van der Waals surface area contributed by atoms with Crippen molar-refractivity contribution in [1.29, 1.82) is 0 Å². The van der Waals surface area contributed by atoms with Crippen LogP contribution in [0.5, 0.6) is 0 Å². The first-order valence-electron chi connectivity index (χ1n) is 11.7. The first-order valence-corrected chi connectivity index (χ1v) is 11.7. The van der Waals surface area contributed by atoms with E-state index >= 15 is 0 Å². The summed E-state index contributed by atoms with van der Waals surface area (Å²) in [5.41, 5.74) is -0.536. The number of carbonyl (C=O) groups excluding carboxylic acids is 3. The summed E-state index contributed by atoms with van der Waals surface area (Å²) < 4.78 is 0. The topological polar surface area (TPSA) is 78.5 Å². The van der Waals surface area contributed by atoms with Gasteiger partial charge in [0.05, 0.1) is 0 Å². The molecule has 2 N–H and O–H groups in total. The molecule has 3 rings (SSSR count). The van der Waals surface area contributed by atoms with Crippen LogP contribution in [0.4, 0.5) is 4.79 Å². The van der Waals surface area contributed by atoms with Gasteiger partial charge in [-0.05, 0) is 55.8 Å². The molecule has 0 bridgehead atoms. The van der Waals surface area contributed by atoms with Crippen molar-refractivity contribution in [2.75, 3.05) is 13.1 Å². The van der Waals surface area contributed by atoms with Crippen molar-refractivity contribution in [2.24, 2.45) is 17.3 Å². The first-order chi connectivity index (χ1) is 13.8. The lowest BCUT2D eigenvalue weighted by Crippen LogP contribution is -2.51. The lowest BCUT2D eigenvalue weighted by molar-refractivity contribution is -0.136. The Hall–Kier alpha value is -1.59. The zero-order chi connectivity index (χ0) is 21.1. The quantitative estimate of drug-likeness (QED) is 0.473. The second-order valence-corrected chi connectivity index (χ2v) is 10.2. The van der Waals surface area contributed by atoms with Crippen molar-refractivity contribution < 1.29 is 14.4 Å². The fraction of sp³-hybridized carbons (Fsp3) is 0.870. The predicted octanol–water partition coefficient (Wildman–Crippen LogP) is 3.99. The van der Waals surface area contributed by atoms with E-state index in [0.29, 0.717) is 25.3 Å². The molecule has 2 aliphatic carbocycles. The molecule has 3 aliphatic rings. The Bertz CT molecular complexity index is 617. The lowest BCUT2D eigenvalue weighted by atomic mass is 9.65. The van der Waals surface area contributed by atoms with Crippen LogP contribution in [0.2, 0.25) is 0 Å². The number of nitrogens with zero attached hydrogens (tertiary/aromatic N) is 1. The van der Waals surface area contributed by atoms with Gasteiger partial charge in [-0.1, -0.05) is 52.9 Å². The lowest BCUT2D eigenvalue weighted by Gasteiger charge is -2.42. The minimum absolute atomic E-state index is 0.167. The van der Waals surface area contributed by atoms with Gasteiger partial charge in [0.2, 0.25) is 5.91 Å². The Morgan fingerprint density at radius 3 is 2.45 bits per heavy atom. The fourth-order valence-corrected chi connectivity index (χ4v) is 5.46. The maximum atomic E-state index is 13.0. The first kappa shape index (κ1) is 22.1. The van der Waals surface area contributed by atoms with Gasteiger partial charge in [0, 0.05) is 6.54 Å². The normalized spacial score (nSPS) is 28.2. The van der Waals surface area contributed by atoms with Crippen molar-refractivity contribution in [1.82, 2.24) is 15.5 Å². The molecule has 4 amide bonds. The molecule has 2 saturated carbocycles. The Morgan fingerprint density at radius 1 is 1.17 bits per heavy atom. The van der Waals surface area contributed by atoms with Gasteiger partial charge in [-0.3, -0.25) is 14.5 Å². The van der Waals surface area contributed by atoms with Gasteiger partial charge in [0.25, 0.3) is 5.91 Å². The van der Waals surface area contributed by atoms with E-state index < -0.39 is 11.6 Å². The van der Waals surface area contributed by atoms with Crippen LogP contribution in [0, 0.1) is 17.3 Å². The van der Waals surface area contributed by atoms with Gasteiger partial charge < -0.3 is 10.6 Å². The molecule has 0 radical (unpaired) electrons. The highest BCUT2D eigenvalue weighted by molar-refractivity contribution is 6.09. The summed E-state index contributed by atoms with van der Waals surface area (Å²) in [5, 5.41) is 5.81. The van der Waals surface area contributed by atoms with Gasteiger partial charge in [0.15, 0.2) is 0 Å². The van der Waals surface area contributed by atoms with Crippen LogP contribution in [0.25, 0.3) is 0 Å². The number of rotatable bonds is 8. The molecule has 1 aliphatic heterocycles. The molecule has 1 spiro atoms. The van der Waals surface area contributed by atoms with E-state index in [-0.39, 0.29) is 23.8 Å². The average molecular weight is 406 g/mol. The van der Waals surface area contributed by atoms with Crippen LogP contribution >= 0.6 is 0 Å². The Labute approximate surface area is 175 Å². The second-order valence-electron chi connectivity index (χ2n) is 10.2. The standard InChI is InChI=1S/C23H39N3O3/c1-4-22(2,3)18-11-13-23(14-12-18)20(28)26(21(29)25-23)16-19(27)24-15-7-10-17-8-5-6-9-17/h17-18H,4-16H2,1-3H3,(H,24,27)(H,25,29). The number of imide groups is 1. The van der Waals surface area contributed by atoms with Crippen molar-refractivity contribution in [3.05, 3.63) is 0 Å². The maximum Gasteiger partial charge on any atom is 0.325 e. The zero-order valence-electron chi connectivity index (χ0n) is 18.5. The average Bonchev–Trinajstić information content (AvgIpc) is 3.29. The fourth-order valence-electron chi connectivity index (χ4n) is 5.46. The van der Waals surface area contributed by atoms with Crippen molar-refractivity contribution in [3.8, 4) is 0 Å². The smallest absolute Gasteiger partial charge is 0.325 e. The molecule has 1 saturated heterocycles. The van der Waals surface area contributed by atoms with Gasteiger partial charge in [0.1, 0.15) is 12.1 Å². The number of nitrogens with one attached hydrogen (secondary N) is 2. The maximum absolute atomic E-state index is 13.0. The molecular weight excluding hydrogens is 366 g/mol. The Balaban J connectivity index is 1.46. The predicted molar refractivity (Wildman–Crippen MR) is 113 cm³/mol. The van der Waals surface area contributed by atoms with E-state index in [1.807, 2.05) is 0 Å². The molecule has 6 heteroatoms. The summed E-state index contributed by atoms with van der Waals surface area (Å²) in [4.78, 5) is 38.9. The molecule has 0 atom stereocenters. The van der Waals surface area contributed by atoms with Crippen LogP contribution in [-0.4, -0.2) is 41.4 Å². The van der Waals surface area contributed by atoms with Crippen LogP contribution in [0.15, 0.2) is 0 Å². The Kier molecular flexibility index (Phi) is 6.90. The third-order valence-electron chi connectivity index (χ3n) is 7.99. The van der Waals surface area contributed by atoms with Crippen LogP contribution in [-0.2, 0) is 9.59 Å². The molecule has 0 aromatic carbocycles. The molecular formula is C23H39N3O3. The Morgan fingerprint density at radius 2 is 1.83 bits per heavy atom. The monoisotopic (exact) mass is 405 g/mol. The van der Waals surface area contributed by atoms with Crippen LogP contribution in [0.3, 0.4) is 0 Å². The number of hydrogen-bond acceptors (Lipinski definition) is 3. The minimum Gasteiger partial charge on any atom is -0.355 e. The van der Waals surface area contributed by atoms with E-state index in [4.69, 9.17) is 0 Å². The largest absolute Gasteiger partial charge is 0.355 e. The van der Waals surface area contributed by atoms with E-state index in [1.165, 1.54) is 25.7 Å². The highest BCUT2D eigenvalue weighted by atomic mass is 16.2.